The van der Waals surface area contributed by atoms with Crippen LogP contribution >= 0.6 is 0 Å². The molecule has 0 aliphatic heterocycles. The molecule has 102 valence electrons. The van der Waals surface area contributed by atoms with Crippen molar-refractivity contribution in [3.63, 3.8) is 0 Å². The van der Waals surface area contributed by atoms with Crippen molar-refractivity contribution >= 4 is 5.82 Å². The van der Waals surface area contributed by atoms with E-state index in [0.717, 1.165) is 12.4 Å². The van der Waals surface area contributed by atoms with Crippen molar-refractivity contribution in [3.05, 3.63) is 12.4 Å². The summed E-state index contributed by atoms with van der Waals surface area (Å²) >= 11 is 0. The zero-order valence-electron chi connectivity index (χ0n) is 9.57. The number of ether oxygens (including phenoxy) is 2. The van der Waals surface area contributed by atoms with Gasteiger partial charge in [0.05, 0.1) is 25.0 Å². The van der Waals surface area contributed by atoms with Crippen LogP contribution in [0.4, 0.5) is 19.0 Å². The van der Waals surface area contributed by atoms with E-state index < -0.39 is 12.2 Å². The number of anilines is 1. The second-order valence-electron chi connectivity index (χ2n) is 3.32. The fourth-order valence-electron chi connectivity index (χ4n) is 1.14. The average Bonchev–Trinajstić information content (AvgIpc) is 2.29. The molecule has 9 heteroatoms. The molecule has 0 aliphatic rings. The predicted octanol–water partition coefficient (Wildman–Crippen LogP) is 0.761. The number of nitrogens with zero attached hydrogens (tertiary/aromatic N) is 2. The van der Waals surface area contributed by atoms with Crippen LogP contribution in [0.2, 0.25) is 0 Å². The number of nitrogens with two attached hydrogens (primary N) is 1. The molecule has 0 aliphatic carbocycles. The van der Waals surface area contributed by atoms with E-state index in [9.17, 15) is 13.2 Å². The SMILES string of the molecule is COCC(CN)Nc1cnc(OC(F)(F)F)cn1. The zero-order valence-corrected chi connectivity index (χ0v) is 9.57. The van der Waals surface area contributed by atoms with Gasteiger partial charge in [0.15, 0.2) is 0 Å². The van der Waals surface area contributed by atoms with Gasteiger partial charge in [-0.3, -0.25) is 0 Å². The summed E-state index contributed by atoms with van der Waals surface area (Å²) in [6, 6.07) is -0.196. The molecule has 0 amide bonds. The highest BCUT2D eigenvalue weighted by Crippen LogP contribution is 2.20. The molecule has 1 heterocycles. The van der Waals surface area contributed by atoms with E-state index in [1.54, 1.807) is 0 Å². The van der Waals surface area contributed by atoms with Crippen LogP contribution in [0.3, 0.4) is 0 Å². The number of hydrogen-bond donors (Lipinski definition) is 2. The summed E-state index contributed by atoms with van der Waals surface area (Å²) in [5, 5.41) is 2.86. The minimum Gasteiger partial charge on any atom is -0.386 e. The first-order valence-electron chi connectivity index (χ1n) is 4.98. The van der Waals surface area contributed by atoms with Crippen molar-refractivity contribution in [1.29, 1.82) is 0 Å². The van der Waals surface area contributed by atoms with Gasteiger partial charge < -0.3 is 20.5 Å². The molecule has 18 heavy (non-hydrogen) atoms. The van der Waals surface area contributed by atoms with Gasteiger partial charge in [-0.25, -0.2) is 9.97 Å². The Bertz CT molecular complexity index is 358. The van der Waals surface area contributed by atoms with E-state index in [4.69, 9.17) is 10.5 Å². The number of nitrogens with one attached hydrogen (secondary N) is 1. The topological polar surface area (TPSA) is 82.3 Å². The van der Waals surface area contributed by atoms with Gasteiger partial charge in [-0.2, -0.15) is 0 Å². The largest absolute Gasteiger partial charge is 0.574 e. The lowest BCUT2D eigenvalue weighted by atomic mass is 10.3. The number of rotatable bonds is 6. The standard InChI is InChI=1S/C9H13F3N4O2/c1-17-5-6(2-13)16-7-3-15-8(4-14-7)18-9(10,11)12/h3-4,6H,2,5,13H2,1H3,(H,14,16). The summed E-state index contributed by atoms with van der Waals surface area (Å²) in [5.41, 5.74) is 5.46. The summed E-state index contributed by atoms with van der Waals surface area (Å²) in [4.78, 5) is 7.19. The number of halogens is 3. The van der Waals surface area contributed by atoms with E-state index in [1.165, 1.54) is 7.11 Å². The fourth-order valence-corrected chi connectivity index (χ4v) is 1.14. The Hall–Kier alpha value is -1.61. The van der Waals surface area contributed by atoms with Crippen LogP contribution < -0.4 is 15.8 Å². The molecule has 1 unspecified atom stereocenters. The summed E-state index contributed by atoms with van der Waals surface area (Å²) in [6.07, 6.45) is -2.78. The number of alkyl halides is 3. The van der Waals surface area contributed by atoms with Crippen LogP contribution in [0.15, 0.2) is 12.4 Å². The van der Waals surface area contributed by atoms with Gasteiger partial charge in [-0.05, 0) is 0 Å². The van der Waals surface area contributed by atoms with Crippen molar-refractivity contribution in [2.75, 3.05) is 25.6 Å². The molecule has 0 fully saturated rings. The Morgan fingerprint density at radius 3 is 2.56 bits per heavy atom. The van der Waals surface area contributed by atoms with Gasteiger partial charge >= 0.3 is 6.36 Å². The third-order valence-corrected chi connectivity index (χ3v) is 1.85. The summed E-state index contributed by atoms with van der Waals surface area (Å²) in [6.45, 7) is 0.634. The Morgan fingerprint density at radius 2 is 2.11 bits per heavy atom. The van der Waals surface area contributed by atoms with Gasteiger partial charge in [0.1, 0.15) is 5.82 Å². The molecule has 1 aromatic heterocycles. The summed E-state index contributed by atoms with van der Waals surface area (Å²) < 4.78 is 44.1. The van der Waals surface area contributed by atoms with Gasteiger partial charge in [0, 0.05) is 13.7 Å². The van der Waals surface area contributed by atoms with E-state index in [2.05, 4.69) is 20.0 Å². The minimum absolute atomic E-state index is 0.196. The smallest absolute Gasteiger partial charge is 0.386 e. The Kier molecular flexibility index (Phi) is 5.10. The second-order valence-corrected chi connectivity index (χ2v) is 3.32. The van der Waals surface area contributed by atoms with Crippen molar-refractivity contribution in [2.24, 2.45) is 5.73 Å². The Morgan fingerprint density at radius 1 is 1.39 bits per heavy atom. The Labute approximate surface area is 101 Å². The van der Waals surface area contributed by atoms with E-state index in [-0.39, 0.29) is 18.4 Å². The molecule has 0 radical (unpaired) electrons. The maximum atomic E-state index is 11.9. The Balaban J connectivity index is 2.59. The highest BCUT2D eigenvalue weighted by Gasteiger charge is 2.31. The molecule has 3 N–H and O–H groups in total. The molecular weight excluding hydrogens is 253 g/mol. The normalized spacial score (nSPS) is 13.2. The van der Waals surface area contributed by atoms with Crippen LogP contribution in [0.25, 0.3) is 0 Å². The molecule has 6 nitrogen and oxygen atoms in total. The molecule has 0 aromatic carbocycles. The number of methoxy groups -OCH3 is 1. The third kappa shape index (κ3) is 5.15. The van der Waals surface area contributed by atoms with E-state index in [0.29, 0.717) is 6.61 Å². The number of hydrogen-bond acceptors (Lipinski definition) is 6. The van der Waals surface area contributed by atoms with Gasteiger partial charge in [0.25, 0.3) is 0 Å². The van der Waals surface area contributed by atoms with Crippen LogP contribution in [-0.4, -0.2) is 42.6 Å². The molecule has 0 saturated heterocycles. The maximum Gasteiger partial charge on any atom is 0.574 e. The lowest BCUT2D eigenvalue weighted by molar-refractivity contribution is -0.276. The van der Waals surface area contributed by atoms with Gasteiger partial charge in [0.2, 0.25) is 5.88 Å². The third-order valence-electron chi connectivity index (χ3n) is 1.85. The van der Waals surface area contributed by atoms with Gasteiger partial charge in [-0.15, -0.1) is 13.2 Å². The molecule has 0 spiro atoms. The van der Waals surface area contributed by atoms with Crippen molar-refractivity contribution in [2.45, 2.75) is 12.4 Å². The first-order valence-corrected chi connectivity index (χ1v) is 4.98. The molecule has 0 saturated carbocycles. The van der Waals surface area contributed by atoms with E-state index in [1.807, 2.05) is 0 Å². The zero-order chi connectivity index (χ0) is 13.6. The molecular formula is C9H13F3N4O2. The molecule has 1 aromatic rings. The average molecular weight is 266 g/mol. The first-order chi connectivity index (χ1) is 8.44. The van der Waals surface area contributed by atoms with Crippen molar-refractivity contribution < 1.29 is 22.6 Å². The summed E-state index contributed by atoms with van der Waals surface area (Å²) in [5.74, 6) is -0.332. The maximum absolute atomic E-state index is 11.9. The quantitative estimate of drug-likeness (QED) is 0.791. The molecule has 1 rings (SSSR count). The van der Waals surface area contributed by atoms with Crippen LogP contribution in [-0.2, 0) is 4.74 Å². The fraction of sp³-hybridized carbons (Fsp3) is 0.556. The van der Waals surface area contributed by atoms with E-state index >= 15 is 0 Å². The monoisotopic (exact) mass is 266 g/mol. The minimum atomic E-state index is -4.78. The number of aromatic nitrogens is 2. The summed E-state index contributed by atoms with van der Waals surface area (Å²) in [7, 11) is 1.51. The lowest BCUT2D eigenvalue weighted by Crippen LogP contribution is -2.33. The van der Waals surface area contributed by atoms with Crippen molar-refractivity contribution in [1.82, 2.24) is 9.97 Å². The highest BCUT2D eigenvalue weighted by molar-refractivity contribution is 5.33. The first kappa shape index (κ1) is 14.5. The molecule has 1 atom stereocenters. The van der Waals surface area contributed by atoms with Gasteiger partial charge in [-0.1, -0.05) is 0 Å². The predicted molar refractivity (Wildman–Crippen MR) is 57.1 cm³/mol. The van der Waals surface area contributed by atoms with Crippen molar-refractivity contribution in [3.8, 4) is 5.88 Å². The molecule has 0 bridgehead atoms. The lowest BCUT2D eigenvalue weighted by Gasteiger charge is -2.16. The van der Waals surface area contributed by atoms with Crippen LogP contribution in [0, 0.1) is 0 Å². The second kappa shape index (κ2) is 6.36. The van der Waals surface area contributed by atoms with Crippen LogP contribution in [0.1, 0.15) is 0 Å². The highest BCUT2D eigenvalue weighted by atomic mass is 19.4. The van der Waals surface area contributed by atoms with Crippen LogP contribution in [0.5, 0.6) is 5.88 Å².